The normalized spacial score (nSPS) is 25.5. The Balaban J connectivity index is 1.77. The number of hydrogen-bond donors (Lipinski definition) is 1. The number of carbonyl (C=O) groups is 3. The number of ketones is 1. The van der Waals surface area contributed by atoms with Gasteiger partial charge in [-0.1, -0.05) is 27.7 Å². The lowest BCUT2D eigenvalue weighted by Crippen LogP contribution is -2.58. The molecule has 3 aliphatic rings. The third-order valence-corrected chi connectivity index (χ3v) is 9.09. The maximum atomic E-state index is 14.2. The Bertz CT molecular complexity index is 1470. The van der Waals surface area contributed by atoms with Gasteiger partial charge in [0.25, 0.3) is 0 Å². The minimum absolute atomic E-state index is 0.00478. The number of aromatic carboxylic acids is 1. The number of aryl methyl sites for hydroxylation is 1. The summed E-state index contributed by atoms with van der Waals surface area (Å²) in [6.45, 7) is 12.2. The fraction of sp³-hybridized carbons (Fsp3) is 0.515. The number of carboxylic acid groups (broad SMARTS) is 1. The van der Waals surface area contributed by atoms with Gasteiger partial charge in [0.2, 0.25) is 5.91 Å². The fourth-order valence-corrected chi connectivity index (χ4v) is 7.17. The number of carboxylic acids is 1. The number of pyridine rings is 1. The zero-order chi connectivity index (χ0) is 30.0. The molecule has 1 aromatic heterocycles. The van der Waals surface area contributed by atoms with Crippen LogP contribution in [0.4, 0.5) is 0 Å². The minimum atomic E-state index is -1.10. The van der Waals surface area contributed by atoms with Crippen LogP contribution in [0.15, 0.2) is 35.6 Å². The lowest BCUT2D eigenvalue weighted by atomic mass is 9.64. The molecule has 1 fully saturated rings. The van der Waals surface area contributed by atoms with Gasteiger partial charge in [-0.2, -0.15) is 0 Å². The topological polar surface area (TPSA) is 106 Å². The lowest BCUT2D eigenvalue weighted by molar-refractivity contribution is -0.154. The number of piperidine rings is 1. The van der Waals surface area contributed by atoms with E-state index in [1.165, 1.54) is 6.07 Å². The van der Waals surface area contributed by atoms with E-state index in [1.807, 2.05) is 44.0 Å². The number of methoxy groups -OCH3 is 1. The molecular weight excluding hydrogens is 520 g/mol. The standard InChI is InChI=1S/C33H40N2O6/c1-16(2)22-13-25-29(31(37)35(22)7)30(28-23(36)14-33(5,6)15-26(28)41-25)27-18(4)19(9-10-24(27)40-8)20-11-17(3)12-21(34-20)32(38)39/h9-12,16,22,25,29-30H,13-15H2,1-8H3,(H,38,39)/t22-,25-,29-,30-/m0/s1. The molecule has 5 rings (SSSR count). The summed E-state index contributed by atoms with van der Waals surface area (Å²) in [5.41, 5.74) is 3.86. The molecule has 0 saturated carbocycles. The summed E-state index contributed by atoms with van der Waals surface area (Å²) in [5, 5.41) is 9.65. The maximum absolute atomic E-state index is 14.2. The van der Waals surface area contributed by atoms with Gasteiger partial charge in [-0.15, -0.1) is 0 Å². The Morgan fingerprint density at radius 3 is 2.51 bits per heavy atom. The van der Waals surface area contributed by atoms with Gasteiger partial charge in [-0.3, -0.25) is 9.59 Å². The Morgan fingerprint density at radius 1 is 1.17 bits per heavy atom. The first kappa shape index (κ1) is 28.8. The van der Waals surface area contributed by atoms with Crippen LogP contribution in [0.1, 0.15) is 80.1 Å². The Labute approximate surface area is 241 Å². The van der Waals surface area contributed by atoms with Crippen LogP contribution < -0.4 is 4.74 Å². The SMILES string of the molecule is COc1ccc(-c2cc(C)cc(C(=O)O)n2)c(C)c1[C@H]1C2=C(CC(C)(C)CC2=O)O[C@H]2C[C@@H](C(C)C)N(C)C(=O)[C@@H]21. The van der Waals surface area contributed by atoms with Crippen LogP contribution >= 0.6 is 0 Å². The second-order valence-corrected chi connectivity index (χ2v) is 13.0. The fourth-order valence-electron chi connectivity index (χ4n) is 7.17. The predicted molar refractivity (Wildman–Crippen MR) is 155 cm³/mol. The van der Waals surface area contributed by atoms with Crippen LogP contribution in [0.2, 0.25) is 0 Å². The molecule has 0 unspecified atom stereocenters. The number of benzene rings is 1. The molecule has 8 heteroatoms. The van der Waals surface area contributed by atoms with Crippen molar-refractivity contribution in [3.63, 3.8) is 0 Å². The van der Waals surface area contributed by atoms with E-state index < -0.39 is 17.8 Å². The van der Waals surface area contributed by atoms with Crippen LogP contribution in [0.5, 0.6) is 5.75 Å². The number of ether oxygens (including phenoxy) is 2. The van der Waals surface area contributed by atoms with Crippen LogP contribution in [0.3, 0.4) is 0 Å². The van der Waals surface area contributed by atoms with Crippen molar-refractivity contribution in [2.45, 2.75) is 78.9 Å². The van der Waals surface area contributed by atoms with Gasteiger partial charge in [0.15, 0.2) is 5.78 Å². The van der Waals surface area contributed by atoms with Crippen LogP contribution in [-0.2, 0) is 14.3 Å². The second kappa shape index (κ2) is 10.3. The summed E-state index contributed by atoms with van der Waals surface area (Å²) >= 11 is 0. The van der Waals surface area contributed by atoms with E-state index in [0.29, 0.717) is 42.0 Å². The first-order valence-electron chi connectivity index (χ1n) is 14.3. The largest absolute Gasteiger partial charge is 0.496 e. The van der Waals surface area contributed by atoms with Crippen molar-refractivity contribution in [1.82, 2.24) is 9.88 Å². The van der Waals surface area contributed by atoms with Crippen LogP contribution in [0, 0.1) is 31.1 Å². The van der Waals surface area contributed by atoms with Gasteiger partial charge in [0, 0.05) is 55.0 Å². The molecule has 2 aliphatic heterocycles. The minimum Gasteiger partial charge on any atom is -0.496 e. The van der Waals surface area contributed by atoms with Gasteiger partial charge in [-0.05, 0) is 60.6 Å². The zero-order valence-corrected chi connectivity index (χ0v) is 25.2. The molecule has 2 aromatic rings. The van der Waals surface area contributed by atoms with Crippen molar-refractivity contribution >= 4 is 17.7 Å². The molecule has 3 heterocycles. The molecule has 8 nitrogen and oxygen atoms in total. The summed E-state index contributed by atoms with van der Waals surface area (Å²) in [7, 11) is 3.44. The number of allylic oxidation sites excluding steroid dienone is 2. The summed E-state index contributed by atoms with van der Waals surface area (Å²) < 4.78 is 12.5. The quantitative estimate of drug-likeness (QED) is 0.500. The molecule has 0 spiro atoms. The van der Waals surface area contributed by atoms with E-state index in [0.717, 1.165) is 22.3 Å². The first-order chi connectivity index (χ1) is 19.2. The number of carbonyl (C=O) groups excluding carboxylic acids is 2. The zero-order valence-electron chi connectivity index (χ0n) is 25.2. The summed E-state index contributed by atoms with van der Waals surface area (Å²) in [5.74, 6) is -0.787. The third-order valence-electron chi connectivity index (χ3n) is 9.09. The highest BCUT2D eigenvalue weighted by Crippen LogP contribution is 2.54. The Kier molecular flexibility index (Phi) is 7.24. The van der Waals surface area contributed by atoms with Crippen molar-refractivity contribution in [1.29, 1.82) is 0 Å². The number of Topliss-reactive ketones (excluding diaryl/α,β-unsaturated/α-hetero) is 1. The average Bonchev–Trinajstić information content (AvgIpc) is 2.88. The van der Waals surface area contributed by atoms with Crippen LogP contribution in [-0.4, -0.2) is 59.0 Å². The maximum Gasteiger partial charge on any atom is 0.354 e. The number of hydrogen-bond acceptors (Lipinski definition) is 6. The predicted octanol–water partition coefficient (Wildman–Crippen LogP) is 5.70. The molecule has 0 radical (unpaired) electrons. The number of likely N-dealkylation sites (tertiary alicyclic amines) is 1. The van der Waals surface area contributed by atoms with E-state index in [1.54, 1.807) is 7.11 Å². The van der Waals surface area contributed by atoms with Crippen LogP contribution in [0.25, 0.3) is 11.3 Å². The first-order valence-corrected chi connectivity index (χ1v) is 14.3. The molecule has 1 saturated heterocycles. The van der Waals surface area contributed by atoms with Crippen molar-refractivity contribution < 1.29 is 29.0 Å². The third kappa shape index (κ3) is 4.91. The highest BCUT2D eigenvalue weighted by molar-refractivity contribution is 6.01. The lowest BCUT2D eigenvalue weighted by Gasteiger charge is -2.51. The van der Waals surface area contributed by atoms with E-state index in [-0.39, 0.29) is 40.9 Å². The summed E-state index contributed by atoms with van der Waals surface area (Å²) in [6, 6.07) is 7.11. The molecule has 1 amide bonds. The Morgan fingerprint density at radius 2 is 1.88 bits per heavy atom. The smallest absolute Gasteiger partial charge is 0.354 e. The average molecular weight is 561 g/mol. The molecule has 41 heavy (non-hydrogen) atoms. The number of aromatic nitrogens is 1. The van der Waals surface area contributed by atoms with Gasteiger partial charge in [-0.25, -0.2) is 9.78 Å². The Hall–Kier alpha value is -3.68. The number of amides is 1. The highest BCUT2D eigenvalue weighted by Gasteiger charge is 2.55. The molecule has 0 bridgehead atoms. The summed E-state index contributed by atoms with van der Waals surface area (Å²) in [4.78, 5) is 46.2. The van der Waals surface area contributed by atoms with E-state index in [2.05, 4.69) is 32.7 Å². The van der Waals surface area contributed by atoms with Gasteiger partial charge in [0.05, 0.1) is 18.7 Å². The number of rotatable bonds is 5. The highest BCUT2D eigenvalue weighted by atomic mass is 16.5. The molecule has 1 aromatic carbocycles. The number of nitrogens with zero attached hydrogens (tertiary/aromatic N) is 2. The summed E-state index contributed by atoms with van der Waals surface area (Å²) in [6.07, 6.45) is 1.28. The van der Waals surface area contributed by atoms with Crippen molar-refractivity contribution in [3.05, 3.63) is 58.0 Å². The van der Waals surface area contributed by atoms with Gasteiger partial charge < -0.3 is 19.5 Å². The van der Waals surface area contributed by atoms with Gasteiger partial charge >= 0.3 is 5.97 Å². The monoisotopic (exact) mass is 560 g/mol. The number of fused-ring (bicyclic) bond motifs is 1. The molecule has 218 valence electrons. The van der Waals surface area contributed by atoms with E-state index >= 15 is 0 Å². The van der Waals surface area contributed by atoms with E-state index in [4.69, 9.17) is 9.47 Å². The van der Waals surface area contributed by atoms with Crippen molar-refractivity contribution in [2.24, 2.45) is 17.3 Å². The molecular formula is C33H40N2O6. The van der Waals surface area contributed by atoms with Gasteiger partial charge in [0.1, 0.15) is 23.3 Å². The van der Waals surface area contributed by atoms with Crippen molar-refractivity contribution in [3.8, 4) is 17.0 Å². The molecule has 4 atom stereocenters. The van der Waals surface area contributed by atoms with E-state index in [9.17, 15) is 19.5 Å². The molecule has 1 N–H and O–H groups in total. The van der Waals surface area contributed by atoms with Crippen molar-refractivity contribution in [2.75, 3.05) is 14.2 Å². The molecule has 1 aliphatic carbocycles. The second-order valence-electron chi connectivity index (χ2n) is 13.0.